The van der Waals surface area contributed by atoms with Gasteiger partial charge in [0.05, 0.1) is 31.9 Å². The Morgan fingerprint density at radius 1 is 1.06 bits per heavy atom. The molecule has 2 aromatic rings. The fraction of sp³-hybridized carbons (Fsp3) is 0.462. The van der Waals surface area contributed by atoms with Gasteiger partial charge in [0.15, 0.2) is 0 Å². The summed E-state index contributed by atoms with van der Waals surface area (Å²) in [4.78, 5) is 30.0. The molecule has 0 aromatic heterocycles. The second-order valence-electron chi connectivity index (χ2n) is 9.23. The minimum absolute atomic E-state index is 0.314. The average Bonchev–Trinajstić information content (AvgIpc) is 3.02. The van der Waals surface area contributed by atoms with Crippen LogP contribution in [0.25, 0.3) is 0 Å². The fourth-order valence-electron chi connectivity index (χ4n) is 4.86. The highest BCUT2D eigenvalue weighted by Gasteiger charge is 2.34. The molecule has 2 atom stereocenters. The van der Waals surface area contributed by atoms with Crippen molar-refractivity contribution in [3.8, 4) is 5.75 Å². The van der Waals surface area contributed by atoms with Crippen LogP contribution in [0.5, 0.6) is 5.75 Å². The first-order valence-electron chi connectivity index (χ1n) is 12.3. The summed E-state index contributed by atoms with van der Waals surface area (Å²) in [6.07, 6.45) is -0.841. The molecule has 0 bridgehead atoms. The third-order valence-electron chi connectivity index (χ3n) is 7.03. The highest BCUT2D eigenvalue weighted by molar-refractivity contribution is 5.94. The van der Waals surface area contributed by atoms with Gasteiger partial charge in [0.2, 0.25) is 0 Å². The van der Waals surface area contributed by atoms with Crippen molar-refractivity contribution in [3.05, 3.63) is 59.4 Å². The van der Waals surface area contributed by atoms with Gasteiger partial charge in [0.1, 0.15) is 17.7 Å². The molecule has 0 radical (unpaired) electrons. The summed E-state index contributed by atoms with van der Waals surface area (Å²) in [7, 11) is 1.49. The lowest BCUT2D eigenvalue weighted by Gasteiger charge is -2.43. The molecule has 0 saturated carbocycles. The van der Waals surface area contributed by atoms with Crippen molar-refractivity contribution in [1.82, 2.24) is 15.5 Å². The molecule has 5 rings (SSSR count). The summed E-state index contributed by atoms with van der Waals surface area (Å²) in [5.41, 5.74) is 2.07. The normalized spacial score (nSPS) is 22.4. The number of amides is 2. The van der Waals surface area contributed by atoms with Crippen LogP contribution in [-0.2, 0) is 9.47 Å². The van der Waals surface area contributed by atoms with E-state index in [2.05, 4.69) is 20.4 Å². The molecule has 0 unspecified atom stereocenters. The molecule has 36 heavy (non-hydrogen) atoms. The molecule has 2 saturated heterocycles. The molecule has 2 amide bonds. The second kappa shape index (κ2) is 10.7. The summed E-state index contributed by atoms with van der Waals surface area (Å²) in [5.74, 6) is -0.174. The van der Waals surface area contributed by atoms with Crippen LogP contribution in [0.4, 0.5) is 14.9 Å². The molecular weight excluding hydrogens is 467 g/mol. The average molecular weight is 499 g/mol. The van der Waals surface area contributed by atoms with E-state index < -0.39 is 24.1 Å². The van der Waals surface area contributed by atoms with Gasteiger partial charge in [-0.15, -0.1) is 0 Å². The Morgan fingerprint density at radius 3 is 2.47 bits per heavy atom. The predicted molar refractivity (Wildman–Crippen MR) is 131 cm³/mol. The second-order valence-corrected chi connectivity index (χ2v) is 9.23. The van der Waals surface area contributed by atoms with E-state index in [-0.39, 0.29) is 5.91 Å². The largest absolute Gasteiger partial charge is 0.493 e. The van der Waals surface area contributed by atoms with Crippen molar-refractivity contribution in [3.63, 3.8) is 0 Å². The Labute approximate surface area is 209 Å². The summed E-state index contributed by atoms with van der Waals surface area (Å²) in [6, 6.07) is 11.2. The standard InChI is InChI=1S/C26H31FN4O5/c1-28-26(33)36-23-8-13-35-22-7-6-19(30-9-11-31(12-10-30)20-15-34-16-20)14-21(22)24(23)29-25(32)17-2-4-18(27)5-3-17/h2-7,14,20,23-24H,8-13,15-16H2,1H3,(H,28,33)(H,29,32)/t23-,24+/m0/s1. The lowest BCUT2D eigenvalue weighted by atomic mass is 9.97. The van der Waals surface area contributed by atoms with Gasteiger partial charge < -0.3 is 29.7 Å². The number of piperazine rings is 1. The zero-order valence-corrected chi connectivity index (χ0v) is 20.2. The van der Waals surface area contributed by atoms with Crippen molar-refractivity contribution in [2.45, 2.75) is 24.6 Å². The summed E-state index contributed by atoms with van der Waals surface area (Å²) >= 11 is 0. The van der Waals surface area contributed by atoms with E-state index in [9.17, 15) is 14.0 Å². The lowest BCUT2D eigenvalue weighted by molar-refractivity contribution is -0.0660. The molecular formula is C26H31FN4O5. The first-order valence-corrected chi connectivity index (χ1v) is 12.3. The number of nitrogens with zero attached hydrogens (tertiary/aromatic N) is 2. The van der Waals surface area contributed by atoms with E-state index in [1.54, 1.807) is 0 Å². The smallest absolute Gasteiger partial charge is 0.407 e. The zero-order valence-electron chi connectivity index (χ0n) is 20.2. The van der Waals surface area contributed by atoms with Crippen LogP contribution < -0.4 is 20.3 Å². The van der Waals surface area contributed by atoms with Gasteiger partial charge in [0.25, 0.3) is 5.91 Å². The molecule has 2 aromatic carbocycles. The van der Waals surface area contributed by atoms with Gasteiger partial charge >= 0.3 is 6.09 Å². The number of nitrogens with one attached hydrogen (secondary N) is 2. The van der Waals surface area contributed by atoms with Crippen molar-refractivity contribution in [2.75, 3.05) is 57.9 Å². The summed E-state index contributed by atoms with van der Waals surface area (Å²) in [6.45, 7) is 5.60. The minimum atomic E-state index is -0.652. The topological polar surface area (TPSA) is 92.4 Å². The quantitative estimate of drug-likeness (QED) is 0.654. The predicted octanol–water partition coefficient (Wildman–Crippen LogP) is 2.32. The highest BCUT2D eigenvalue weighted by Crippen LogP contribution is 2.36. The molecule has 2 fully saturated rings. The monoisotopic (exact) mass is 498 g/mol. The number of carbonyl (C=O) groups excluding carboxylic acids is 2. The number of halogens is 1. The SMILES string of the molecule is CNC(=O)O[C@H]1CCOc2ccc(N3CCN(C4COC4)CC3)cc2[C@H]1NC(=O)c1ccc(F)cc1. The Morgan fingerprint density at radius 2 is 1.81 bits per heavy atom. The molecule has 3 aliphatic heterocycles. The van der Waals surface area contributed by atoms with E-state index in [1.165, 1.54) is 31.3 Å². The Hall–Kier alpha value is -3.37. The molecule has 3 heterocycles. The molecule has 0 spiro atoms. The van der Waals surface area contributed by atoms with Crippen LogP contribution in [0.1, 0.15) is 28.4 Å². The van der Waals surface area contributed by atoms with Crippen molar-refractivity contribution in [1.29, 1.82) is 0 Å². The maximum atomic E-state index is 13.4. The van der Waals surface area contributed by atoms with E-state index in [4.69, 9.17) is 14.2 Å². The number of benzene rings is 2. The molecule has 10 heteroatoms. The number of anilines is 1. The van der Waals surface area contributed by atoms with Crippen LogP contribution in [0.15, 0.2) is 42.5 Å². The molecule has 9 nitrogen and oxygen atoms in total. The first-order chi connectivity index (χ1) is 17.5. The van der Waals surface area contributed by atoms with Crippen LogP contribution in [-0.4, -0.2) is 82.1 Å². The Bertz CT molecular complexity index is 1090. The minimum Gasteiger partial charge on any atom is -0.493 e. The molecule has 3 aliphatic rings. The number of hydrogen-bond acceptors (Lipinski definition) is 7. The Kier molecular flexibility index (Phi) is 7.24. The van der Waals surface area contributed by atoms with E-state index in [0.29, 0.717) is 30.4 Å². The lowest BCUT2D eigenvalue weighted by Crippen LogP contribution is -2.56. The number of ether oxygens (including phenoxy) is 3. The summed E-state index contributed by atoms with van der Waals surface area (Å²) < 4.78 is 30.4. The van der Waals surface area contributed by atoms with E-state index in [0.717, 1.165) is 50.6 Å². The van der Waals surface area contributed by atoms with Crippen LogP contribution in [0.3, 0.4) is 0 Å². The maximum absolute atomic E-state index is 13.4. The number of carbonyl (C=O) groups is 2. The summed E-state index contributed by atoms with van der Waals surface area (Å²) in [5, 5.41) is 5.49. The Balaban J connectivity index is 1.41. The fourth-order valence-corrected chi connectivity index (χ4v) is 4.86. The van der Waals surface area contributed by atoms with E-state index in [1.807, 2.05) is 18.2 Å². The van der Waals surface area contributed by atoms with Crippen molar-refractivity contribution >= 4 is 17.7 Å². The maximum Gasteiger partial charge on any atom is 0.407 e. The molecule has 192 valence electrons. The van der Waals surface area contributed by atoms with Crippen molar-refractivity contribution in [2.24, 2.45) is 0 Å². The van der Waals surface area contributed by atoms with Crippen molar-refractivity contribution < 1.29 is 28.2 Å². The van der Waals surface area contributed by atoms with Gasteiger partial charge in [-0.25, -0.2) is 9.18 Å². The number of alkyl carbamates (subject to hydrolysis) is 1. The molecule has 0 aliphatic carbocycles. The van der Waals surface area contributed by atoms with Gasteiger partial charge in [-0.2, -0.15) is 0 Å². The van der Waals surface area contributed by atoms with Crippen LogP contribution in [0, 0.1) is 5.82 Å². The third kappa shape index (κ3) is 5.24. The van der Waals surface area contributed by atoms with Gasteiger partial charge in [-0.3, -0.25) is 9.69 Å². The van der Waals surface area contributed by atoms with Crippen LogP contribution >= 0.6 is 0 Å². The number of hydrogen-bond donors (Lipinski definition) is 2. The first kappa shape index (κ1) is 24.3. The van der Waals surface area contributed by atoms with E-state index >= 15 is 0 Å². The highest BCUT2D eigenvalue weighted by atomic mass is 19.1. The van der Waals surface area contributed by atoms with Gasteiger partial charge in [-0.05, 0) is 42.5 Å². The van der Waals surface area contributed by atoms with Crippen LogP contribution in [0.2, 0.25) is 0 Å². The number of rotatable bonds is 5. The number of fused-ring (bicyclic) bond motifs is 1. The molecule has 2 N–H and O–H groups in total. The van der Waals surface area contributed by atoms with Gasteiger partial charge in [0, 0.05) is 56.5 Å². The zero-order chi connectivity index (χ0) is 25.1. The third-order valence-corrected chi connectivity index (χ3v) is 7.03. The van der Waals surface area contributed by atoms with Gasteiger partial charge in [-0.1, -0.05) is 0 Å².